The molecule has 1 amide bonds. The summed E-state index contributed by atoms with van der Waals surface area (Å²) in [5.41, 5.74) is 1.70. The maximum absolute atomic E-state index is 13.1. The maximum Gasteiger partial charge on any atom is 0.338 e. The van der Waals surface area contributed by atoms with Gasteiger partial charge in [0.15, 0.2) is 0 Å². The second-order valence-electron chi connectivity index (χ2n) is 6.16. The molecule has 0 saturated carbocycles. The number of carbonyl (C=O) groups is 2. The van der Waals surface area contributed by atoms with Crippen LogP contribution in [0, 0.1) is 0 Å². The third-order valence-corrected chi connectivity index (χ3v) is 4.33. The SMILES string of the molecule is CCOC(=O)C1=C(Nc2ccccc2)C(=O)N(C(C)O)C1c1ccccc1. The second kappa shape index (κ2) is 8.05. The van der Waals surface area contributed by atoms with Crippen molar-refractivity contribution in [3.8, 4) is 0 Å². The van der Waals surface area contributed by atoms with Gasteiger partial charge < -0.3 is 20.1 Å². The zero-order chi connectivity index (χ0) is 19.4. The van der Waals surface area contributed by atoms with Crippen LogP contribution in [-0.4, -0.2) is 34.7 Å². The zero-order valence-electron chi connectivity index (χ0n) is 15.3. The number of anilines is 1. The fourth-order valence-corrected chi connectivity index (χ4v) is 3.19. The highest BCUT2D eigenvalue weighted by Crippen LogP contribution is 2.39. The molecule has 0 radical (unpaired) electrons. The van der Waals surface area contributed by atoms with Gasteiger partial charge in [0.25, 0.3) is 5.91 Å². The van der Waals surface area contributed by atoms with Gasteiger partial charge in [-0.15, -0.1) is 0 Å². The van der Waals surface area contributed by atoms with Gasteiger partial charge in [-0.1, -0.05) is 48.5 Å². The van der Waals surface area contributed by atoms with Crippen molar-refractivity contribution in [1.82, 2.24) is 4.90 Å². The number of aliphatic hydroxyl groups excluding tert-OH is 1. The van der Waals surface area contributed by atoms with E-state index in [9.17, 15) is 14.7 Å². The summed E-state index contributed by atoms with van der Waals surface area (Å²) in [6.45, 7) is 3.40. The lowest BCUT2D eigenvalue weighted by molar-refractivity contribution is -0.140. The average Bonchev–Trinajstić information content (AvgIpc) is 2.96. The zero-order valence-corrected chi connectivity index (χ0v) is 15.3. The van der Waals surface area contributed by atoms with E-state index in [-0.39, 0.29) is 17.9 Å². The number of aliphatic hydroxyl groups is 1. The normalized spacial score (nSPS) is 17.8. The lowest BCUT2D eigenvalue weighted by Gasteiger charge is -2.29. The minimum atomic E-state index is -1.08. The molecule has 0 aromatic heterocycles. The first-order valence-electron chi connectivity index (χ1n) is 8.83. The summed E-state index contributed by atoms with van der Waals surface area (Å²) in [5, 5.41) is 13.3. The van der Waals surface area contributed by atoms with E-state index in [1.165, 1.54) is 11.8 Å². The summed E-state index contributed by atoms with van der Waals surface area (Å²) in [6.07, 6.45) is -1.08. The van der Waals surface area contributed by atoms with Crippen molar-refractivity contribution in [2.75, 3.05) is 11.9 Å². The van der Waals surface area contributed by atoms with Crippen molar-refractivity contribution < 1.29 is 19.4 Å². The fourth-order valence-electron chi connectivity index (χ4n) is 3.19. The fraction of sp³-hybridized carbons (Fsp3) is 0.238. The van der Waals surface area contributed by atoms with Crippen molar-refractivity contribution in [2.45, 2.75) is 26.1 Å². The molecule has 0 saturated heterocycles. The van der Waals surface area contributed by atoms with Crippen molar-refractivity contribution in [3.63, 3.8) is 0 Å². The molecule has 1 aliphatic rings. The number of benzene rings is 2. The van der Waals surface area contributed by atoms with Crippen molar-refractivity contribution in [2.24, 2.45) is 0 Å². The Morgan fingerprint density at radius 2 is 1.74 bits per heavy atom. The molecule has 0 fully saturated rings. The summed E-state index contributed by atoms with van der Waals surface area (Å²) in [5.74, 6) is -1.04. The largest absolute Gasteiger partial charge is 0.463 e. The van der Waals surface area contributed by atoms with Crippen LogP contribution >= 0.6 is 0 Å². The quantitative estimate of drug-likeness (QED) is 0.769. The number of amides is 1. The molecule has 2 N–H and O–H groups in total. The van der Waals surface area contributed by atoms with Gasteiger partial charge in [-0.25, -0.2) is 4.79 Å². The Hall–Kier alpha value is -3.12. The van der Waals surface area contributed by atoms with Gasteiger partial charge in [-0.2, -0.15) is 0 Å². The molecular weight excluding hydrogens is 344 g/mol. The standard InChI is InChI=1S/C21H22N2O4/c1-3-27-21(26)17-18(22-16-12-8-5-9-13-16)20(25)23(14(2)24)19(17)15-10-6-4-7-11-15/h4-14,19,22,24H,3H2,1-2H3. The number of nitrogens with one attached hydrogen (secondary N) is 1. The van der Waals surface area contributed by atoms with Gasteiger partial charge in [0.05, 0.1) is 18.2 Å². The molecule has 27 heavy (non-hydrogen) atoms. The molecule has 140 valence electrons. The summed E-state index contributed by atoms with van der Waals surface area (Å²) >= 11 is 0. The van der Waals surface area contributed by atoms with Crippen LogP contribution in [0.5, 0.6) is 0 Å². The minimum absolute atomic E-state index is 0.120. The van der Waals surface area contributed by atoms with Crippen molar-refractivity contribution in [1.29, 1.82) is 0 Å². The highest BCUT2D eigenvalue weighted by atomic mass is 16.5. The lowest BCUT2D eigenvalue weighted by Crippen LogP contribution is -2.38. The second-order valence-corrected chi connectivity index (χ2v) is 6.16. The summed E-state index contributed by atoms with van der Waals surface area (Å²) in [7, 11) is 0. The number of ether oxygens (including phenoxy) is 1. The van der Waals surface area contributed by atoms with Crippen LogP contribution in [0.1, 0.15) is 25.5 Å². The van der Waals surface area contributed by atoms with Crippen LogP contribution in [0.2, 0.25) is 0 Å². The van der Waals surface area contributed by atoms with Gasteiger partial charge in [0, 0.05) is 5.69 Å². The van der Waals surface area contributed by atoms with Crippen LogP contribution in [0.3, 0.4) is 0 Å². The molecular formula is C21H22N2O4. The minimum Gasteiger partial charge on any atom is -0.463 e. The first-order valence-corrected chi connectivity index (χ1v) is 8.83. The van der Waals surface area contributed by atoms with Gasteiger partial charge in [-0.05, 0) is 31.5 Å². The molecule has 2 aromatic rings. The van der Waals surface area contributed by atoms with E-state index >= 15 is 0 Å². The molecule has 6 nitrogen and oxygen atoms in total. The molecule has 2 atom stereocenters. The highest BCUT2D eigenvalue weighted by Gasteiger charge is 2.45. The van der Waals surface area contributed by atoms with Gasteiger partial charge in [0.2, 0.25) is 0 Å². The lowest BCUT2D eigenvalue weighted by atomic mass is 9.99. The molecule has 3 rings (SSSR count). The number of hydrogen-bond donors (Lipinski definition) is 2. The summed E-state index contributed by atoms with van der Waals surface area (Å²) in [6, 6.07) is 17.5. The molecule has 0 aliphatic carbocycles. The Labute approximate surface area is 158 Å². The van der Waals surface area contributed by atoms with E-state index in [0.29, 0.717) is 5.69 Å². The van der Waals surface area contributed by atoms with Crippen LogP contribution < -0.4 is 5.32 Å². The molecule has 0 bridgehead atoms. The van der Waals surface area contributed by atoms with Crippen molar-refractivity contribution in [3.05, 3.63) is 77.5 Å². The molecule has 0 spiro atoms. The molecule has 1 aliphatic heterocycles. The Morgan fingerprint density at radius 3 is 2.30 bits per heavy atom. The van der Waals surface area contributed by atoms with E-state index in [4.69, 9.17) is 4.74 Å². The number of esters is 1. The predicted octanol–water partition coefficient (Wildman–Crippen LogP) is 2.84. The Kier molecular flexibility index (Phi) is 5.57. The van der Waals surface area contributed by atoms with Crippen LogP contribution in [0.4, 0.5) is 5.69 Å². The Balaban J connectivity index is 2.14. The number of carbonyl (C=O) groups excluding carboxylic acids is 2. The van der Waals surface area contributed by atoms with Crippen molar-refractivity contribution >= 4 is 17.6 Å². The molecule has 6 heteroatoms. The van der Waals surface area contributed by atoms with Gasteiger partial charge >= 0.3 is 5.97 Å². The van der Waals surface area contributed by atoms with E-state index in [1.807, 2.05) is 48.5 Å². The smallest absolute Gasteiger partial charge is 0.338 e. The predicted molar refractivity (Wildman–Crippen MR) is 101 cm³/mol. The van der Waals surface area contributed by atoms with E-state index in [0.717, 1.165) is 5.56 Å². The third kappa shape index (κ3) is 3.71. The Morgan fingerprint density at radius 1 is 1.15 bits per heavy atom. The number of nitrogens with zero attached hydrogens (tertiary/aromatic N) is 1. The molecule has 1 heterocycles. The van der Waals surface area contributed by atoms with E-state index < -0.39 is 24.1 Å². The maximum atomic E-state index is 13.1. The molecule has 2 aromatic carbocycles. The van der Waals surface area contributed by atoms with Crippen LogP contribution in [-0.2, 0) is 14.3 Å². The van der Waals surface area contributed by atoms with Crippen LogP contribution in [0.25, 0.3) is 0 Å². The van der Waals surface area contributed by atoms with E-state index in [2.05, 4.69) is 5.32 Å². The molecule has 2 unspecified atom stereocenters. The summed E-state index contributed by atoms with van der Waals surface area (Å²) < 4.78 is 5.22. The first kappa shape index (κ1) is 18.7. The monoisotopic (exact) mass is 366 g/mol. The van der Waals surface area contributed by atoms with Gasteiger partial charge in [0.1, 0.15) is 11.9 Å². The Bertz CT molecular complexity index is 847. The number of para-hydroxylation sites is 1. The first-order chi connectivity index (χ1) is 13.0. The third-order valence-electron chi connectivity index (χ3n) is 4.33. The number of rotatable bonds is 6. The average molecular weight is 366 g/mol. The van der Waals surface area contributed by atoms with E-state index in [1.54, 1.807) is 19.1 Å². The highest BCUT2D eigenvalue weighted by molar-refractivity contribution is 6.09. The topological polar surface area (TPSA) is 78.9 Å². The van der Waals surface area contributed by atoms with Crippen LogP contribution in [0.15, 0.2) is 71.9 Å². The number of hydrogen-bond acceptors (Lipinski definition) is 5. The summed E-state index contributed by atoms with van der Waals surface area (Å²) in [4.78, 5) is 27.1. The van der Waals surface area contributed by atoms with Gasteiger partial charge in [-0.3, -0.25) is 4.79 Å².